The maximum atomic E-state index is 11.6. The van der Waals surface area contributed by atoms with Gasteiger partial charge in [-0.05, 0) is 37.0 Å². The van der Waals surface area contributed by atoms with Gasteiger partial charge < -0.3 is 14.2 Å². The normalized spacial score (nSPS) is 24.5. The van der Waals surface area contributed by atoms with Crippen LogP contribution in [0.2, 0.25) is 0 Å². The van der Waals surface area contributed by atoms with Crippen LogP contribution >= 0.6 is 0 Å². The summed E-state index contributed by atoms with van der Waals surface area (Å²) in [7, 11) is 3.30. The van der Waals surface area contributed by atoms with E-state index in [1.54, 1.807) is 14.2 Å². The fourth-order valence-electron chi connectivity index (χ4n) is 3.99. The summed E-state index contributed by atoms with van der Waals surface area (Å²) < 4.78 is 16.9. The van der Waals surface area contributed by atoms with Crippen molar-refractivity contribution in [1.29, 1.82) is 0 Å². The summed E-state index contributed by atoms with van der Waals surface area (Å²) in [5.74, 6) is 1.87. The molecular weight excluding hydrogens is 318 g/mol. The summed E-state index contributed by atoms with van der Waals surface area (Å²) in [4.78, 5) is 13.9. The van der Waals surface area contributed by atoms with E-state index in [2.05, 4.69) is 11.0 Å². The van der Waals surface area contributed by atoms with Crippen LogP contribution in [-0.4, -0.2) is 56.7 Å². The summed E-state index contributed by atoms with van der Waals surface area (Å²) in [6.07, 6.45) is 6.51. The van der Waals surface area contributed by atoms with Crippen LogP contribution in [0, 0.1) is 0 Å². The lowest BCUT2D eigenvalue weighted by Crippen LogP contribution is -2.45. The molecule has 2 atom stereocenters. The number of carbonyl (C=O) groups is 1. The molecule has 25 heavy (non-hydrogen) atoms. The lowest BCUT2D eigenvalue weighted by molar-refractivity contribution is -0.117. The Bertz CT molecular complexity index is 589. The van der Waals surface area contributed by atoms with Gasteiger partial charge in [0.2, 0.25) is 0 Å². The highest BCUT2D eigenvalue weighted by Gasteiger charge is 2.34. The number of benzene rings is 1. The first-order valence-corrected chi connectivity index (χ1v) is 9.29. The van der Waals surface area contributed by atoms with E-state index in [4.69, 9.17) is 14.2 Å². The van der Waals surface area contributed by atoms with Gasteiger partial charge in [-0.3, -0.25) is 9.69 Å². The van der Waals surface area contributed by atoms with Crippen molar-refractivity contribution in [2.24, 2.45) is 0 Å². The van der Waals surface area contributed by atoms with Crippen LogP contribution in [0.3, 0.4) is 0 Å². The van der Waals surface area contributed by atoms with E-state index in [0.29, 0.717) is 31.4 Å². The summed E-state index contributed by atoms with van der Waals surface area (Å²) in [6.45, 7) is 2.21. The quantitative estimate of drug-likeness (QED) is 0.759. The Kier molecular flexibility index (Phi) is 6.32. The molecule has 0 N–H and O–H groups in total. The largest absolute Gasteiger partial charge is 0.493 e. The number of carbonyl (C=O) groups excluding carboxylic acids is 1. The molecule has 0 spiro atoms. The number of ether oxygens (including phenoxy) is 3. The highest BCUT2D eigenvalue weighted by molar-refractivity contribution is 5.82. The third-order valence-corrected chi connectivity index (χ3v) is 5.36. The molecule has 1 aromatic carbocycles. The Morgan fingerprint density at radius 3 is 2.64 bits per heavy atom. The van der Waals surface area contributed by atoms with E-state index in [9.17, 15) is 4.79 Å². The first-order valence-electron chi connectivity index (χ1n) is 9.29. The minimum atomic E-state index is 0.250. The van der Waals surface area contributed by atoms with Crippen LogP contribution in [0.5, 0.6) is 11.5 Å². The zero-order valence-electron chi connectivity index (χ0n) is 15.3. The van der Waals surface area contributed by atoms with Crippen LogP contribution in [-0.2, 0) is 16.0 Å². The Balaban J connectivity index is 1.54. The monoisotopic (exact) mass is 347 g/mol. The second-order valence-corrected chi connectivity index (χ2v) is 6.96. The molecular formula is C20H29NO4. The Labute approximate surface area is 150 Å². The number of ketones is 1. The van der Waals surface area contributed by atoms with Crippen LogP contribution in [0.15, 0.2) is 18.2 Å². The van der Waals surface area contributed by atoms with Gasteiger partial charge in [0.1, 0.15) is 5.78 Å². The van der Waals surface area contributed by atoms with Gasteiger partial charge in [-0.2, -0.15) is 0 Å². The molecule has 1 aromatic rings. The van der Waals surface area contributed by atoms with Gasteiger partial charge in [-0.1, -0.05) is 18.9 Å². The zero-order chi connectivity index (χ0) is 17.6. The average Bonchev–Trinajstić information content (AvgIpc) is 3.08. The zero-order valence-corrected chi connectivity index (χ0v) is 15.3. The second-order valence-electron chi connectivity index (χ2n) is 6.96. The molecule has 138 valence electrons. The fourth-order valence-corrected chi connectivity index (χ4v) is 3.99. The van der Waals surface area contributed by atoms with Crippen molar-refractivity contribution < 1.29 is 19.0 Å². The van der Waals surface area contributed by atoms with Crippen molar-refractivity contribution in [3.63, 3.8) is 0 Å². The van der Waals surface area contributed by atoms with Gasteiger partial charge in [0.15, 0.2) is 11.5 Å². The molecule has 2 fully saturated rings. The van der Waals surface area contributed by atoms with Gasteiger partial charge in [0.05, 0.1) is 33.5 Å². The molecule has 5 heteroatoms. The summed E-state index contributed by atoms with van der Waals surface area (Å²) in [5, 5.41) is 0. The molecule has 1 aliphatic carbocycles. The molecule has 1 heterocycles. The standard InChI is InChI=1S/C20H29NO4/c1-23-19-8-7-15(13-20(19)24-2)10-12-25-18-6-4-3-5-17(18)21-11-9-16(22)14-21/h7-8,13,17-18H,3-6,9-12,14H2,1-2H3/t17-,18-/m1/s1. The minimum absolute atomic E-state index is 0.250. The number of rotatable bonds is 7. The molecule has 0 amide bonds. The molecule has 5 nitrogen and oxygen atoms in total. The van der Waals surface area contributed by atoms with Gasteiger partial charge in [0.25, 0.3) is 0 Å². The lowest BCUT2D eigenvalue weighted by atomic mass is 9.91. The molecule has 1 saturated heterocycles. The predicted molar refractivity (Wildman–Crippen MR) is 96.4 cm³/mol. The summed E-state index contributed by atoms with van der Waals surface area (Å²) >= 11 is 0. The average molecular weight is 347 g/mol. The van der Waals surface area contributed by atoms with Crippen LogP contribution in [0.4, 0.5) is 0 Å². The van der Waals surface area contributed by atoms with Crippen molar-refractivity contribution in [2.75, 3.05) is 33.9 Å². The SMILES string of the molecule is COc1ccc(CCO[C@@H]2CCCC[C@H]2N2CCC(=O)C2)cc1OC. The number of hydrogen-bond acceptors (Lipinski definition) is 5. The van der Waals surface area contributed by atoms with E-state index in [-0.39, 0.29) is 6.10 Å². The van der Waals surface area contributed by atoms with E-state index < -0.39 is 0 Å². The maximum Gasteiger partial charge on any atom is 0.160 e. The number of hydrogen-bond donors (Lipinski definition) is 0. The number of methoxy groups -OCH3 is 2. The van der Waals surface area contributed by atoms with E-state index in [1.807, 2.05) is 12.1 Å². The van der Waals surface area contributed by atoms with E-state index >= 15 is 0 Å². The third kappa shape index (κ3) is 4.53. The van der Waals surface area contributed by atoms with Crippen molar-refractivity contribution >= 4 is 5.78 Å². The van der Waals surface area contributed by atoms with Crippen molar-refractivity contribution in [3.8, 4) is 11.5 Å². The predicted octanol–water partition coefficient (Wildman–Crippen LogP) is 2.85. The highest BCUT2D eigenvalue weighted by Crippen LogP contribution is 2.29. The lowest BCUT2D eigenvalue weighted by Gasteiger charge is -2.37. The van der Waals surface area contributed by atoms with Crippen molar-refractivity contribution in [3.05, 3.63) is 23.8 Å². The summed E-state index contributed by atoms with van der Waals surface area (Å²) in [5.41, 5.74) is 1.18. The first kappa shape index (κ1) is 18.2. The smallest absolute Gasteiger partial charge is 0.160 e. The van der Waals surface area contributed by atoms with Gasteiger partial charge in [-0.25, -0.2) is 0 Å². The molecule has 3 rings (SSSR count). The maximum absolute atomic E-state index is 11.6. The highest BCUT2D eigenvalue weighted by atomic mass is 16.5. The van der Waals surface area contributed by atoms with Crippen LogP contribution in [0.25, 0.3) is 0 Å². The van der Waals surface area contributed by atoms with Crippen molar-refractivity contribution in [1.82, 2.24) is 4.90 Å². The Hall–Kier alpha value is -1.59. The summed E-state index contributed by atoms with van der Waals surface area (Å²) in [6, 6.07) is 6.42. The minimum Gasteiger partial charge on any atom is -0.493 e. The molecule has 0 aromatic heterocycles. The van der Waals surface area contributed by atoms with Gasteiger partial charge in [0, 0.05) is 19.0 Å². The molecule has 1 aliphatic heterocycles. The van der Waals surface area contributed by atoms with Crippen molar-refractivity contribution in [2.45, 2.75) is 50.7 Å². The molecule has 2 aliphatic rings. The van der Waals surface area contributed by atoms with Crippen LogP contribution in [0.1, 0.15) is 37.7 Å². The number of Topliss-reactive ketones (excluding diaryl/α,β-unsaturated/α-hetero) is 1. The molecule has 0 unspecified atom stereocenters. The molecule has 0 bridgehead atoms. The molecule has 0 radical (unpaired) electrons. The Morgan fingerprint density at radius 2 is 1.92 bits per heavy atom. The topological polar surface area (TPSA) is 48.0 Å². The Morgan fingerprint density at radius 1 is 1.12 bits per heavy atom. The van der Waals surface area contributed by atoms with Gasteiger partial charge >= 0.3 is 0 Å². The first-order chi connectivity index (χ1) is 12.2. The van der Waals surface area contributed by atoms with Crippen LogP contribution < -0.4 is 9.47 Å². The number of likely N-dealkylation sites (tertiary alicyclic amines) is 1. The third-order valence-electron chi connectivity index (χ3n) is 5.36. The number of nitrogens with zero attached hydrogens (tertiary/aromatic N) is 1. The van der Waals surface area contributed by atoms with E-state index in [0.717, 1.165) is 37.3 Å². The van der Waals surface area contributed by atoms with Gasteiger partial charge in [-0.15, -0.1) is 0 Å². The second kappa shape index (κ2) is 8.68. The fraction of sp³-hybridized carbons (Fsp3) is 0.650. The molecule has 1 saturated carbocycles. The van der Waals surface area contributed by atoms with E-state index in [1.165, 1.54) is 18.4 Å².